The second-order valence-corrected chi connectivity index (χ2v) is 4.83. The maximum absolute atomic E-state index is 12.5. The topological polar surface area (TPSA) is 30.2 Å². The largest absolute Gasteiger partial charge is 0.393 e. The van der Waals surface area contributed by atoms with Crippen molar-refractivity contribution in [1.82, 2.24) is 14.6 Å². The first kappa shape index (κ1) is 14.4. The minimum atomic E-state index is -4.40. The van der Waals surface area contributed by atoms with E-state index in [9.17, 15) is 13.2 Å². The lowest BCUT2D eigenvalue weighted by Gasteiger charge is -2.10. The molecule has 0 atom stereocenters. The average molecular weight is 312 g/mol. The van der Waals surface area contributed by atoms with E-state index in [1.165, 1.54) is 4.52 Å². The summed E-state index contributed by atoms with van der Waals surface area (Å²) in [5.41, 5.74) is 1.65. The summed E-state index contributed by atoms with van der Waals surface area (Å²) in [7, 11) is 0. The number of nitrogens with zero attached hydrogens (tertiary/aromatic N) is 3. The van der Waals surface area contributed by atoms with Crippen molar-refractivity contribution in [2.75, 3.05) is 0 Å². The molecule has 3 nitrogen and oxygen atoms in total. The molecule has 0 amide bonds. The van der Waals surface area contributed by atoms with Crippen molar-refractivity contribution >= 4 is 28.8 Å². The molecule has 8 heteroatoms. The van der Waals surface area contributed by atoms with Gasteiger partial charge in [-0.15, -0.1) is 0 Å². The zero-order chi connectivity index (χ0) is 14.4. The summed E-state index contributed by atoms with van der Waals surface area (Å²) >= 11 is 11.8. The molecule has 2 aromatic rings. The summed E-state index contributed by atoms with van der Waals surface area (Å²) in [5.74, 6) is 0. The highest BCUT2D eigenvalue weighted by atomic mass is 35.5. The van der Waals surface area contributed by atoms with Gasteiger partial charge in [0, 0.05) is 11.1 Å². The number of halogens is 5. The van der Waals surface area contributed by atoms with Crippen LogP contribution in [0.25, 0.3) is 5.65 Å². The summed E-state index contributed by atoms with van der Waals surface area (Å²) < 4.78 is 38.6. The molecule has 2 rings (SSSR count). The molecule has 2 aromatic heterocycles. The second-order valence-electron chi connectivity index (χ2n) is 4.12. The van der Waals surface area contributed by atoms with Gasteiger partial charge in [0.05, 0.1) is 12.1 Å². The van der Waals surface area contributed by atoms with Gasteiger partial charge in [0.2, 0.25) is 0 Å². The molecule has 0 aromatic carbocycles. The fourth-order valence-corrected chi connectivity index (χ4v) is 2.49. The van der Waals surface area contributed by atoms with Crippen molar-refractivity contribution in [1.29, 1.82) is 0 Å². The number of hydrogen-bond donors (Lipinski definition) is 0. The average Bonchev–Trinajstić information content (AvgIpc) is 2.59. The normalized spacial score (nSPS) is 12.4. The highest BCUT2D eigenvalue weighted by molar-refractivity contribution is 6.34. The molecule has 0 bridgehead atoms. The Kier molecular flexibility index (Phi) is 3.66. The first-order valence-corrected chi connectivity index (χ1v) is 6.29. The molecule has 0 N–H and O–H groups in total. The molecule has 0 aliphatic rings. The van der Waals surface area contributed by atoms with Crippen molar-refractivity contribution in [3.63, 3.8) is 0 Å². The van der Waals surface area contributed by atoms with Gasteiger partial charge in [0.1, 0.15) is 10.3 Å². The predicted octanol–water partition coefficient (Wildman–Crippen LogP) is 4.01. The third-order valence-corrected chi connectivity index (χ3v) is 3.48. The summed E-state index contributed by atoms with van der Waals surface area (Å²) in [5, 5.41) is 3.74. The van der Waals surface area contributed by atoms with Gasteiger partial charge >= 0.3 is 6.18 Å². The van der Waals surface area contributed by atoms with Crippen molar-refractivity contribution in [2.24, 2.45) is 0 Å². The van der Waals surface area contributed by atoms with E-state index in [1.807, 2.05) is 6.92 Å². The summed E-state index contributed by atoms with van der Waals surface area (Å²) in [6.07, 6.45) is -4.99. The van der Waals surface area contributed by atoms with Crippen LogP contribution in [0.1, 0.15) is 23.7 Å². The predicted molar refractivity (Wildman–Crippen MR) is 66.9 cm³/mol. The Balaban J connectivity index is 2.69. The van der Waals surface area contributed by atoms with Gasteiger partial charge in [-0.05, 0) is 13.3 Å². The summed E-state index contributed by atoms with van der Waals surface area (Å²) in [6, 6.07) is 0. The quantitative estimate of drug-likeness (QED) is 0.784. The van der Waals surface area contributed by atoms with E-state index in [0.29, 0.717) is 17.8 Å². The highest BCUT2D eigenvalue weighted by Crippen LogP contribution is 2.32. The van der Waals surface area contributed by atoms with E-state index in [1.54, 1.807) is 6.92 Å². The molecule has 0 spiro atoms. The maximum Gasteiger partial charge on any atom is 0.393 e. The summed E-state index contributed by atoms with van der Waals surface area (Å²) in [4.78, 5) is 3.99. The number of rotatable bonds is 2. The van der Waals surface area contributed by atoms with Crippen molar-refractivity contribution < 1.29 is 13.2 Å². The lowest BCUT2D eigenvalue weighted by atomic mass is 10.2. The fourth-order valence-electron chi connectivity index (χ4n) is 1.93. The molecule has 104 valence electrons. The van der Waals surface area contributed by atoms with Gasteiger partial charge in [-0.3, -0.25) is 0 Å². The molecule has 0 aliphatic heterocycles. The van der Waals surface area contributed by atoms with E-state index >= 15 is 0 Å². The van der Waals surface area contributed by atoms with Crippen LogP contribution in [0.3, 0.4) is 0 Å². The number of hydrogen-bond acceptors (Lipinski definition) is 2. The van der Waals surface area contributed by atoms with E-state index in [4.69, 9.17) is 23.2 Å². The Bertz CT molecular complexity index is 634. The third kappa shape index (κ3) is 2.65. The van der Waals surface area contributed by atoms with Crippen LogP contribution < -0.4 is 0 Å². The van der Waals surface area contributed by atoms with E-state index < -0.39 is 12.6 Å². The Morgan fingerprint density at radius 1 is 1.21 bits per heavy atom. The minimum absolute atomic E-state index is 0.143. The maximum atomic E-state index is 12.5. The Hall–Kier alpha value is -1.01. The molecule has 0 saturated heterocycles. The summed E-state index contributed by atoms with van der Waals surface area (Å²) in [6.45, 7) is 3.65. The van der Waals surface area contributed by atoms with Gasteiger partial charge in [-0.2, -0.15) is 18.3 Å². The number of aryl methyl sites for hydroxylation is 2. The zero-order valence-corrected chi connectivity index (χ0v) is 11.7. The van der Waals surface area contributed by atoms with Gasteiger partial charge in [-0.1, -0.05) is 30.1 Å². The monoisotopic (exact) mass is 311 g/mol. The van der Waals surface area contributed by atoms with Crippen molar-refractivity contribution in [2.45, 2.75) is 32.9 Å². The molecule has 0 radical (unpaired) electrons. The number of fused-ring (bicyclic) bond motifs is 1. The van der Waals surface area contributed by atoms with Crippen LogP contribution in [-0.2, 0) is 12.8 Å². The van der Waals surface area contributed by atoms with Crippen LogP contribution >= 0.6 is 23.2 Å². The molecule has 0 unspecified atom stereocenters. The molecular weight excluding hydrogens is 302 g/mol. The molecule has 0 aliphatic carbocycles. The lowest BCUT2D eigenvalue weighted by molar-refractivity contribution is -0.127. The Labute approximate surface area is 117 Å². The smallest absolute Gasteiger partial charge is 0.216 e. The van der Waals surface area contributed by atoms with Gasteiger partial charge in [0.15, 0.2) is 5.65 Å². The van der Waals surface area contributed by atoms with Gasteiger partial charge in [-0.25, -0.2) is 9.50 Å². The number of alkyl halides is 3. The lowest BCUT2D eigenvalue weighted by Crippen LogP contribution is -2.14. The van der Waals surface area contributed by atoms with E-state index in [2.05, 4.69) is 10.1 Å². The fraction of sp³-hybridized carbons (Fsp3) is 0.455. The highest BCUT2D eigenvalue weighted by Gasteiger charge is 2.32. The SMILES string of the molecule is CCc1c(C)nn2c(Cl)c(CC(F)(F)F)c(Cl)nc12. The van der Waals surface area contributed by atoms with E-state index in [-0.39, 0.29) is 15.9 Å². The van der Waals surface area contributed by atoms with Crippen LogP contribution in [0.4, 0.5) is 13.2 Å². The first-order chi connectivity index (χ1) is 8.74. The van der Waals surface area contributed by atoms with Crippen LogP contribution in [0, 0.1) is 6.92 Å². The molecular formula is C11H10Cl2F3N3. The van der Waals surface area contributed by atoms with Gasteiger partial charge < -0.3 is 0 Å². The Morgan fingerprint density at radius 2 is 1.84 bits per heavy atom. The molecule has 0 saturated carbocycles. The second kappa shape index (κ2) is 4.83. The van der Waals surface area contributed by atoms with Crippen LogP contribution in [0.2, 0.25) is 10.3 Å². The van der Waals surface area contributed by atoms with Crippen LogP contribution in [0.5, 0.6) is 0 Å². The molecule has 19 heavy (non-hydrogen) atoms. The van der Waals surface area contributed by atoms with Crippen LogP contribution in [0.15, 0.2) is 0 Å². The Morgan fingerprint density at radius 3 is 2.37 bits per heavy atom. The zero-order valence-electron chi connectivity index (χ0n) is 10.1. The van der Waals surface area contributed by atoms with Crippen LogP contribution in [-0.4, -0.2) is 20.8 Å². The van der Waals surface area contributed by atoms with E-state index in [0.717, 1.165) is 5.56 Å². The first-order valence-electron chi connectivity index (χ1n) is 5.53. The minimum Gasteiger partial charge on any atom is -0.216 e. The van der Waals surface area contributed by atoms with Gasteiger partial charge in [0.25, 0.3) is 0 Å². The molecule has 2 heterocycles. The van der Waals surface area contributed by atoms with Crippen molar-refractivity contribution in [3.05, 3.63) is 27.1 Å². The number of aromatic nitrogens is 3. The molecule has 0 fully saturated rings. The third-order valence-electron chi connectivity index (χ3n) is 2.78. The standard InChI is InChI=1S/C11H10Cl2F3N3/c1-3-6-5(2)18-19-9(13)7(4-11(14,15)16)8(12)17-10(6)19/h3-4H2,1-2H3. The van der Waals surface area contributed by atoms with Crippen molar-refractivity contribution in [3.8, 4) is 0 Å².